The van der Waals surface area contributed by atoms with Gasteiger partial charge in [-0.2, -0.15) is 0 Å². The van der Waals surface area contributed by atoms with E-state index in [0.717, 1.165) is 34.3 Å². The first kappa shape index (κ1) is 13.7. The number of aryl methyl sites for hydroxylation is 1. The Bertz CT molecular complexity index is 1040. The van der Waals surface area contributed by atoms with Crippen molar-refractivity contribution in [3.05, 3.63) is 69.5 Å². The Hall–Kier alpha value is -2.75. The van der Waals surface area contributed by atoms with E-state index in [4.69, 9.17) is 4.74 Å². The second-order valence-electron chi connectivity index (χ2n) is 6.78. The van der Waals surface area contributed by atoms with Gasteiger partial charge in [-0.25, -0.2) is 0 Å². The van der Waals surface area contributed by atoms with Crippen LogP contribution in [0.25, 0.3) is 10.9 Å². The zero-order valence-corrected chi connectivity index (χ0v) is 13.7. The number of aromatic amines is 1. The third kappa shape index (κ3) is 1.71. The van der Waals surface area contributed by atoms with Crippen LogP contribution in [0.3, 0.4) is 0 Å². The van der Waals surface area contributed by atoms with Gasteiger partial charge in [-0.15, -0.1) is 0 Å². The summed E-state index contributed by atoms with van der Waals surface area (Å²) in [5, 5.41) is 0.978. The zero-order valence-electron chi connectivity index (χ0n) is 13.7. The molecule has 5 rings (SSSR count). The number of hydrogen-bond acceptors (Lipinski definition) is 3. The number of nitrogens with zero attached hydrogens (tertiary/aromatic N) is 1. The van der Waals surface area contributed by atoms with Crippen LogP contribution in [0.15, 0.2) is 47.3 Å². The quantitative estimate of drug-likeness (QED) is 0.690. The first-order chi connectivity index (χ1) is 11.6. The van der Waals surface area contributed by atoms with Crippen LogP contribution in [-0.2, 0) is 0 Å². The molecule has 3 heterocycles. The molecule has 120 valence electrons. The fourth-order valence-corrected chi connectivity index (χ4v) is 4.12. The molecule has 1 N–H and O–H groups in total. The van der Waals surface area contributed by atoms with E-state index in [-0.39, 0.29) is 17.7 Å². The van der Waals surface area contributed by atoms with Crippen molar-refractivity contribution in [2.75, 3.05) is 11.9 Å². The predicted molar refractivity (Wildman–Crippen MR) is 95.0 cm³/mol. The highest BCUT2D eigenvalue weighted by Crippen LogP contribution is 2.48. The molecule has 4 heteroatoms. The zero-order chi connectivity index (χ0) is 16.4. The number of aromatic nitrogens is 1. The van der Waals surface area contributed by atoms with E-state index in [1.165, 1.54) is 11.1 Å². The lowest BCUT2D eigenvalue weighted by Crippen LogP contribution is -2.46. The summed E-state index contributed by atoms with van der Waals surface area (Å²) in [6.07, 6.45) is 0.768. The highest BCUT2D eigenvalue weighted by Gasteiger charge is 2.40. The van der Waals surface area contributed by atoms with Crippen LogP contribution in [0, 0.1) is 6.92 Å². The Balaban J connectivity index is 1.86. The first-order valence-electron chi connectivity index (χ1n) is 8.28. The van der Waals surface area contributed by atoms with E-state index in [0.29, 0.717) is 0 Å². The molecule has 2 aliphatic rings. The lowest BCUT2D eigenvalue weighted by Gasteiger charge is -2.44. The summed E-state index contributed by atoms with van der Waals surface area (Å²) >= 11 is 0. The first-order valence-corrected chi connectivity index (χ1v) is 8.28. The van der Waals surface area contributed by atoms with Crippen LogP contribution in [0.1, 0.15) is 29.0 Å². The molecule has 24 heavy (non-hydrogen) atoms. The average molecular weight is 318 g/mol. The van der Waals surface area contributed by atoms with Crippen molar-refractivity contribution in [3.8, 4) is 5.75 Å². The topological polar surface area (TPSA) is 45.3 Å². The summed E-state index contributed by atoms with van der Waals surface area (Å²) in [5.41, 5.74) is 5.15. The third-order valence-corrected chi connectivity index (χ3v) is 5.32. The Morgan fingerprint density at radius 2 is 2.04 bits per heavy atom. The summed E-state index contributed by atoms with van der Waals surface area (Å²) in [5.74, 6) is 0.827. The Morgan fingerprint density at radius 3 is 2.92 bits per heavy atom. The van der Waals surface area contributed by atoms with E-state index in [1.54, 1.807) is 0 Å². The summed E-state index contributed by atoms with van der Waals surface area (Å²) in [7, 11) is 2.06. The fraction of sp³-hybridized carbons (Fsp3) is 0.250. The highest BCUT2D eigenvalue weighted by molar-refractivity contribution is 5.87. The molecular formula is C20H18N2O2. The van der Waals surface area contributed by atoms with Crippen LogP contribution in [0.2, 0.25) is 0 Å². The molecule has 0 saturated heterocycles. The van der Waals surface area contributed by atoms with Crippen LogP contribution in [0.4, 0.5) is 5.69 Å². The molecule has 0 saturated carbocycles. The summed E-state index contributed by atoms with van der Waals surface area (Å²) in [6.45, 7) is 2.09. The smallest absolute Gasteiger partial charge is 0.256 e. The summed E-state index contributed by atoms with van der Waals surface area (Å²) < 4.78 is 6.30. The van der Waals surface area contributed by atoms with Crippen molar-refractivity contribution in [3.63, 3.8) is 0 Å². The monoisotopic (exact) mass is 318 g/mol. The highest BCUT2D eigenvalue weighted by atomic mass is 16.5. The van der Waals surface area contributed by atoms with Gasteiger partial charge in [0.25, 0.3) is 5.56 Å². The number of ether oxygens (including phenoxy) is 1. The number of pyridine rings is 1. The molecule has 2 aromatic carbocycles. The van der Waals surface area contributed by atoms with E-state index in [9.17, 15) is 4.79 Å². The molecule has 0 amide bonds. The molecule has 1 aromatic heterocycles. The number of hydrogen-bond donors (Lipinski definition) is 1. The lowest BCUT2D eigenvalue weighted by molar-refractivity contribution is 0.159. The van der Waals surface area contributed by atoms with Gasteiger partial charge in [0.2, 0.25) is 0 Å². The van der Waals surface area contributed by atoms with Crippen molar-refractivity contribution in [2.24, 2.45) is 0 Å². The van der Waals surface area contributed by atoms with Crippen LogP contribution >= 0.6 is 0 Å². The minimum absolute atomic E-state index is 0.0378. The van der Waals surface area contributed by atoms with Crippen molar-refractivity contribution in [1.29, 1.82) is 0 Å². The van der Waals surface area contributed by atoms with Crippen molar-refractivity contribution in [2.45, 2.75) is 25.5 Å². The van der Waals surface area contributed by atoms with Crippen LogP contribution < -0.4 is 15.2 Å². The predicted octanol–water partition coefficient (Wildman–Crippen LogP) is 3.53. The van der Waals surface area contributed by atoms with E-state index in [2.05, 4.69) is 42.1 Å². The van der Waals surface area contributed by atoms with Gasteiger partial charge in [-0.1, -0.05) is 29.8 Å². The Kier molecular flexibility index (Phi) is 2.64. The van der Waals surface area contributed by atoms with Gasteiger partial charge >= 0.3 is 0 Å². The van der Waals surface area contributed by atoms with Crippen LogP contribution in [-0.4, -0.2) is 18.3 Å². The average Bonchev–Trinajstić information content (AvgIpc) is 2.59. The molecule has 0 spiro atoms. The normalized spacial score (nSPS) is 21.2. The number of nitrogens with one attached hydrogen (secondary N) is 1. The molecule has 0 aliphatic carbocycles. The van der Waals surface area contributed by atoms with Crippen LogP contribution in [0.5, 0.6) is 5.75 Å². The minimum atomic E-state index is -0.0390. The molecule has 4 nitrogen and oxygen atoms in total. The maximum Gasteiger partial charge on any atom is 0.256 e. The second kappa shape index (κ2) is 4.63. The standard InChI is InChI=1S/C20H18N2O2/c1-11-7-8-16-13(9-11)14-10-17(22(16)2)24-19-12-5-3-4-6-15(12)21-20(23)18(14)19/h3-9,14,17H,10H2,1-2H3,(H,21,23). The van der Waals surface area contributed by atoms with Crippen molar-refractivity contribution in [1.82, 2.24) is 4.98 Å². The molecule has 3 aromatic rings. The molecule has 2 atom stereocenters. The van der Waals surface area contributed by atoms with Gasteiger partial charge in [0.1, 0.15) is 5.75 Å². The van der Waals surface area contributed by atoms with Crippen molar-refractivity contribution < 1.29 is 4.74 Å². The number of H-pyrrole nitrogens is 1. The maximum absolute atomic E-state index is 12.8. The summed E-state index contributed by atoms with van der Waals surface area (Å²) in [6, 6.07) is 14.3. The molecule has 0 fully saturated rings. The van der Waals surface area contributed by atoms with Gasteiger partial charge in [-0.05, 0) is 30.7 Å². The molecule has 2 bridgehead atoms. The van der Waals surface area contributed by atoms with Crippen molar-refractivity contribution >= 4 is 16.6 Å². The Morgan fingerprint density at radius 1 is 1.21 bits per heavy atom. The molecule has 2 aliphatic heterocycles. The van der Waals surface area contributed by atoms with Gasteiger partial charge in [0.15, 0.2) is 6.23 Å². The van der Waals surface area contributed by atoms with E-state index in [1.807, 2.05) is 24.3 Å². The number of fused-ring (bicyclic) bond motifs is 8. The van der Waals surface area contributed by atoms with Gasteiger partial charge in [-0.3, -0.25) is 4.79 Å². The Labute approximate surface area is 139 Å². The SMILES string of the molecule is Cc1ccc2c(c1)C1CC(Oc3c1c(=O)[nH]c1ccccc31)N2C. The molecular weight excluding hydrogens is 300 g/mol. The van der Waals surface area contributed by atoms with E-state index >= 15 is 0 Å². The second-order valence-corrected chi connectivity index (χ2v) is 6.78. The lowest BCUT2D eigenvalue weighted by atomic mass is 9.81. The summed E-state index contributed by atoms with van der Waals surface area (Å²) in [4.78, 5) is 18.0. The number of anilines is 1. The maximum atomic E-state index is 12.8. The van der Waals surface area contributed by atoms with Gasteiger partial charge in [0.05, 0.1) is 11.1 Å². The third-order valence-electron chi connectivity index (χ3n) is 5.32. The van der Waals surface area contributed by atoms with Gasteiger partial charge in [0, 0.05) is 30.5 Å². The molecule has 2 unspecified atom stereocenters. The molecule has 0 radical (unpaired) electrons. The largest absolute Gasteiger partial charge is 0.469 e. The number of rotatable bonds is 0. The van der Waals surface area contributed by atoms with Gasteiger partial charge < -0.3 is 14.6 Å². The number of benzene rings is 2. The van der Waals surface area contributed by atoms with E-state index < -0.39 is 0 Å². The fourth-order valence-electron chi connectivity index (χ4n) is 4.12. The minimum Gasteiger partial charge on any atom is -0.469 e. The number of para-hydroxylation sites is 1.